The Bertz CT molecular complexity index is 3970. The number of pyridine rings is 1. The van der Waals surface area contributed by atoms with Crippen molar-refractivity contribution in [1.82, 2.24) is 50.8 Å². The first kappa shape index (κ1) is 81.9. The van der Waals surface area contributed by atoms with Gasteiger partial charge in [-0.25, -0.2) is 19.6 Å². The number of likely N-dealkylation sites (N-methyl/N-ethyl adjacent to an activating group) is 1. The Morgan fingerprint density at radius 2 is 1.56 bits per heavy atom. The number of aliphatic hydroxyl groups is 1. The number of hydrogen-bond acceptors (Lipinski definition) is 19. The van der Waals surface area contributed by atoms with E-state index in [-0.39, 0.29) is 96.4 Å². The first-order valence-electron chi connectivity index (χ1n) is 36.4. The van der Waals surface area contributed by atoms with Crippen LogP contribution < -0.4 is 21.3 Å². The van der Waals surface area contributed by atoms with Crippen LogP contribution >= 0.6 is 11.8 Å². The maximum atomic E-state index is 15.3. The molecule has 2 aromatic carbocycles. The summed E-state index contributed by atoms with van der Waals surface area (Å²) in [5.41, 5.74) is 1.52. The van der Waals surface area contributed by atoms with Gasteiger partial charge in [0.1, 0.15) is 65.8 Å². The zero-order chi connectivity index (χ0) is 77.4. The molecule has 9 rings (SSSR count). The van der Waals surface area contributed by atoms with Crippen LogP contribution in [0.5, 0.6) is 5.75 Å². The highest BCUT2D eigenvalue weighted by Crippen LogP contribution is 2.36. The van der Waals surface area contributed by atoms with Crippen LogP contribution in [0.2, 0.25) is 0 Å². The van der Waals surface area contributed by atoms with E-state index in [4.69, 9.17) is 13.9 Å². The van der Waals surface area contributed by atoms with Gasteiger partial charge in [0, 0.05) is 75.8 Å². The van der Waals surface area contributed by atoms with Crippen molar-refractivity contribution in [3.05, 3.63) is 161 Å². The number of oxazole rings is 1. The van der Waals surface area contributed by atoms with E-state index in [1.165, 1.54) is 66.3 Å². The maximum Gasteiger partial charge on any atom is 0.333 e. The number of cyclic esters (lactones) is 2. The number of carbonyl (C=O) groups is 11. The third-order valence-electron chi connectivity index (χ3n) is 20.0. The summed E-state index contributed by atoms with van der Waals surface area (Å²) in [6.45, 7) is 24.7. The Hall–Kier alpha value is -9.76. The number of thioether (sulfide) groups is 1. The van der Waals surface area contributed by atoms with Crippen molar-refractivity contribution >= 4 is 76.7 Å². The number of aliphatic hydroxyl groups excluding tert-OH is 1. The number of amides is 8. The van der Waals surface area contributed by atoms with Crippen molar-refractivity contribution in [2.75, 3.05) is 33.2 Å². The predicted octanol–water partition coefficient (Wildman–Crippen LogP) is 7.18. The molecule has 2 bridgehead atoms. The number of fused-ring (bicyclic) bond motifs is 5. The van der Waals surface area contributed by atoms with Crippen molar-refractivity contribution in [3.8, 4) is 5.75 Å². The summed E-state index contributed by atoms with van der Waals surface area (Å²) in [6.07, 6.45) is 10.5. The van der Waals surface area contributed by atoms with Gasteiger partial charge in [-0.05, 0) is 107 Å². The van der Waals surface area contributed by atoms with E-state index >= 15 is 4.79 Å². The van der Waals surface area contributed by atoms with Gasteiger partial charge < -0.3 is 65.0 Å². The number of aryl methyl sites for hydroxylation is 1. The fourth-order valence-corrected chi connectivity index (χ4v) is 15.1. The minimum absolute atomic E-state index is 0.0312. The van der Waals surface area contributed by atoms with E-state index in [1.807, 2.05) is 71.9 Å². The highest BCUT2D eigenvalue weighted by atomic mass is 32.2. The number of ketones is 1. The molecule has 26 nitrogen and oxygen atoms in total. The van der Waals surface area contributed by atoms with E-state index in [0.29, 0.717) is 50.2 Å². The number of aromatic nitrogens is 2. The number of esters is 2. The van der Waals surface area contributed by atoms with E-state index < -0.39 is 125 Å². The molecule has 7 heterocycles. The second kappa shape index (κ2) is 37.0. The lowest BCUT2D eigenvalue weighted by atomic mass is 9.82. The zero-order valence-electron chi connectivity index (χ0n) is 62.6. The molecule has 570 valence electrons. The summed E-state index contributed by atoms with van der Waals surface area (Å²) in [4.78, 5) is 169. The second-order valence-electron chi connectivity index (χ2n) is 28.8. The number of allylic oxidation sites excluding steroid dienone is 2. The van der Waals surface area contributed by atoms with Gasteiger partial charge in [0.25, 0.3) is 11.8 Å². The molecule has 0 spiro atoms. The molecule has 106 heavy (non-hydrogen) atoms. The predicted molar refractivity (Wildman–Crippen MR) is 397 cm³/mol. The maximum absolute atomic E-state index is 15.3. The molecule has 4 fully saturated rings. The highest BCUT2D eigenvalue weighted by Gasteiger charge is 2.51. The molecule has 0 aliphatic carbocycles. The minimum atomic E-state index is -1.71. The lowest BCUT2D eigenvalue weighted by Gasteiger charge is -2.43. The van der Waals surface area contributed by atoms with Crippen molar-refractivity contribution in [2.45, 2.75) is 205 Å². The van der Waals surface area contributed by atoms with Crippen molar-refractivity contribution in [3.63, 3.8) is 0 Å². The van der Waals surface area contributed by atoms with Gasteiger partial charge in [0.05, 0.1) is 6.10 Å². The molecular formula is C79H102N10O16S. The summed E-state index contributed by atoms with van der Waals surface area (Å²) in [5.74, 6) is -8.15. The van der Waals surface area contributed by atoms with Gasteiger partial charge in [-0.2, -0.15) is 11.8 Å². The molecule has 6 N–H and O–H groups in total. The monoisotopic (exact) mass is 1480 g/mol. The van der Waals surface area contributed by atoms with Crippen LogP contribution in [0.25, 0.3) is 0 Å². The number of benzene rings is 2. The van der Waals surface area contributed by atoms with Crippen LogP contribution in [-0.2, 0) is 65.5 Å². The molecule has 0 saturated carbocycles. The number of rotatable bonds is 10. The van der Waals surface area contributed by atoms with Crippen LogP contribution in [0.3, 0.4) is 0 Å². The largest absolute Gasteiger partial charge is 0.505 e. The molecular weight excluding hydrogens is 1380 g/mol. The molecule has 2 aromatic heterocycles. The lowest BCUT2D eigenvalue weighted by Crippen LogP contribution is -2.65. The molecule has 4 saturated heterocycles. The Balaban J connectivity index is 0.000000297. The Morgan fingerprint density at radius 1 is 0.840 bits per heavy atom. The number of Topliss-reactive ketones (excluding diaryl/α,β-unsaturated/α-hetero) is 1. The van der Waals surface area contributed by atoms with Gasteiger partial charge >= 0.3 is 11.9 Å². The summed E-state index contributed by atoms with van der Waals surface area (Å²) < 4.78 is 17.5. The molecule has 13 atom stereocenters. The van der Waals surface area contributed by atoms with E-state index in [2.05, 4.69) is 51.7 Å². The molecule has 5 aliphatic heterocycles. The molecule has 27 heteroatoms. The summed E-state index contributed by atoms with van der Waals surface area (Å²) in [7, 11) is 1.49. The normalized spacial score (nSPS) is 28.6. The van der Waals surface area contributed by atoms with Crippen LogP contribution in [0.1, 0.15) is 164 Å². The number of ether oxygens (including phenoxy) is 2. The standard InChI is InChI=1S/C48H59N7O10.C31H43N3O6S/c1-8-48(6)47(64)54-23-13-16-33(54)44(61)53(7)35(24-30-20-18-28(4)19-21-30)45(62)55-26-32(27(2)3)37(57)25-34(55)41(58)51-39(31-14-10-9-11-15-31)46(63)65-29(5)38(43(60)52-48)50-42(59)40-36(56)17-12-22-49-40;1-7-25-22(6)10-11-27(36)32-13-8-9-20(4)15-23(35)16-21(5)17-28-33-24(18-39-28)30(37)34-14-12-26(41-19(2)3)29(34)31(38)40-25/h9-12,14-15,17-22,27,29,32-35,38-39,56H,8,13,16,23-26H2,1-7H3,(H,50,59)(H,51,58)(H,52,60);8-11,15,18-19,22-23,25-26,29,35H,5,7,12-14,16-17H2,1-4,6H3,(H,32,36)/b;9-8+,11-10+,20-15+/t29-,32+,33+,34+,35+,38+,39+,48+;22-,23-,25-,26?,29?/m11/s1. The van der Waals surface area contributed by atoms with Crippen LogP contribution in [-0.4, -0.2) is 203 Å². The smallest absolute Gasteiger partial charge is 0.333 e. The molecule has 8 amide bonds. The number of carbonyl (C=O) groups excluding carboxylic acids is 11. The molecule has 5 aliphatic rings. The zero-order valence-corrected chi connectivity index (χ0v) is 63.4. The number of hydrogen-bond donors (Lipinski definition) is 6. The van der Waals surface area contributed by atoms with Crippen molar-refractivity contribution < 1.29 is 76.8 Å². The fourth-order valence-electron chi connectivity index (χ4n) is 13.8. The van der Waals surface area contributed by atoms with Gasteiger partial charge in [-0.3, -0.25) is 43.2 Å². The van der Waals surface area contributed by atoms with E-state index in [0.717, 1.165) is 16.7 Å². The first-order valence-corrected chi connectivity index (χ1v) is 37.3. The second-order valence-corrected chi connectivity index (χ2v) is 30.6. The van der Waals surface area contributed by atoms with Gasteiger partial charge in [-0.1, -0.05) is 151 Å². The summed E-state index contributed by atoms with van der Waals surface area (Å²) >= 11 is 1.66. The van der Waals surface area contributed by atoms with Crippen LogP contribution in [0.4, 0.5) is 0 Å². The van der Waals surface area contributed by atoms with E-state index in [1.54, 1.807) is 72.1 Å². The van der Waals surface area contributed by atoms with Gasteiger partial charge in [0.2, 0.25) is 35.4 Å². The number of nitrogens with one attached hydrogen (secondary N) is 4. The third-order valence-corrected chi connectivity index (χ3v) is 21.4. The minimum Gasteiger partial charge on any atom is -0.505 e. The van der Waals surface area contributed by atoms with Crippen molar-refractivity contribution in [1.29, 1.82) is 0 Å². The molecule has 2 unspecified atom stereocenters. The summed E-state index contributed by atoms with van der Waals surface area (Å²) in [6, 6.07) is 10.5. The van der Waals surface area contributed by atoms with Crippen LogP contribution in [0, 0.1) is 24.7 Å². The lowest BCUT2D eigenvalue weighted by molar-refractivity contribution is -0.158. The average molecular weight is 1480 g/mol. The van der Waals surface area contributed by atoms with E-state index in [9.17, 15) is 58.2 Å². The number of piperidine rings is 1. The van der Waals surface area contributed by atoms with Crippen molar-refractivity contribution in [2.24, 2.45) is 17.8 Å². The summed E-state index contributed by atoms with van der Waals surface area (Å²) in [5, 5.41) is 31.9. The first-order chi connectivity index (χ1) is 50.3. The van der Waals surface area contributed by atoms with Gasteiger partial charge in [-0.15, -0.1) is 0 Å². The Morgan fingerprint density at radius 3 is 2.23 bits per heavy atom. The quantitative estimate of drug-likeness (QED) is 0.0676. The Labute approximate surface area is 624 Å². The number of aromatic hydroxyl groups is 1. The van der Waals surface area contributed by atoms with Gasteiger partial charge in [0.15, 0.2) is 23.3 Å². The number of nitrogens with zero attached hydrogens (tertiary/aromatic N) is 6. The molecule has 4 aromatic rings. The Kier molecular flexibility index (Phi) is 28.6. The third kappa shape index (κ3) is 20.6. The molecule has 0 radical (unpaired) electrons. The highest BCUT2D eigenvalue weighted by molar-refractivity contribution is 8.00. The fraction of sp³-hybridized carbons (Fsp3) is 0.506. The topological polar surface area (TPSA) is 347 Å². The van der Waals surface area contributed by atoms with Crippen LogP contribution in [0.15, 0.2) is 132 Å². The SMILES string of the molecule is C=C1Cc2nc(co2)C(=O)N2CCC(SC(C)C)C2C(=O)O[C@H](CC)[C@H](C)/C=C/C(=O)NC/C=C/C(C)=C/[C@@H](O)C1.CC[C@]1(C)NC(=O)[C@@H](NC(=O)c2ncccc2O)[C@@H](C)OC(=O)[C@H](c2ccccc2)NC(=O)[C@@H]2CC(=O)[C@H](C(C)C)CN2C(=O)[C@H](Cc2ccc(C)cc2)N(C)C(=O)[C@@H]2CCCN2C1=O. The average Bonchev–Trinajstić information content (AvgIpc) is 1.30.